The Hall–Kier alpha value is -1.85. The van der Waals surface area contributed by atoms with Gasteiger partial charge in [0.05, 0.1) is 5.56 Å². The number of primary amides is 1. The van der Waals surface area contributed by atoms with Crippen molar-refractivity contribution in [2.75, 3.05) is 0 Å². The van der Waals surface area contributed by atoms with Crippen molar-refractivity contribution in [2.45, 2.75) is 52.5 Å². The maximum Gasteiger partial charge on any atom is 0.251 e. The minimum atomic E-state index is -0.324. The summed E-state index contributed by atoms with van der Waals surface area (Å²) in [5, 5.41) is 6.30. The molecule has 0 atom stereocenters. The maximum absolute atomic E-state index is 12.3. The zero-order valence-electron chi connectivity index (χ0n) is 15.5. The third kappa shape index (κ3) is 3.94. The summed E-state index contributed by atoms with van der Waals surface area (Å²) in [5.74, 6) is -0.324. The summed E-state index contributed by atoms with van der Waals surface area (Å²) in [7, 11) is 0. The van der Waals surface area contributed by atoms with Crippen LogP contribution in [0.25, 0.3) is 11.1 Å². The van der Waals surface area contributed by atoms with Gasteiger partial charge in [-0.2, -0.15) is 11.3 Å². The predicted octanol–water partition coefficient (Wildman–Crippen LogP) is 5.66. The molecule has 0 aliphatic rings. The molecule has 3 aromatic heterocycles. The Labute approximate surface area is 163 Å². The van der Waals surface area contributed by atoms with Crippen LogP contribution >= 0.6 is 22.7 Å². The fraction of sp³-hybridized carbons (Fsp3) is 0.381. The standard InChI is InChI=1S/C21H26N2OS2/c1-3-4-5-8-18-20(16-10-13-25-14-16)19(21(22)24)15(2)23(18)11-9-17-7-6-12-26-17/h6-7,10,12-14H,3-5,8-9,11H2,1-2H3,(H2,22,24). The number of thiophene rings is 2. The molecule has 0 spiro atoms. The Balaban J connectivity index is 2.05. The SMILES string of the molecule is CCCCCc1c(-c2ccsc2)c(C(N)=O)c(C)n1CCc1cccs1. The molecule has 0 bridgehead atoms. The van der Waals surface area contributed by atoms with Crippen molar-refractivity contribution in [3.05, 3.63) is 56.2 Å². The van der Waals surface area contributed by atoms with E-state index in [9.17, 15) is 4.79 Å². The molecule has 138 valence electrons. The van der Waals surface area contributed by atoms with E-state index >= 15 is 0 Å². The number of nitrogens with zero attached hydrogens (tertiary/aromatic N) is 1. The molecular formula is C21H26N2OS2. The third-order valence-electron chi connectivity index (χ3n) is 4.87. The van der Waals surface area contributed by atoms with E-state index in [1.807, 2.05) is 6.92 Å². The van der Waals surface area contributed by atoms with E-state index in [0.717, 1.165) is 42.6 Å². The van der Waals surface area contributed by atoms with E-state index in [1.54, 1.807) is 22.7 Å². The third-order valence-corrected chi connectivity index (χ3v) is 6.49. The maximum atomic E-state index is 12.3. The second-order valence-electron chi connectivity index (χ2n) is 6.60. The molecule has 0 saturated carbocycles. The van der Waals surface area contributed by atoms with Gasteiger partial charge in [-0.05, 0) is 60.0 Å². The summed E-state index contributed by atoms with van der Waals surface area (Å²) in [6.45, 7) is 5.14. The molecular weight excluding hydrogens is 360 g/mol. The van der Waals surface area contributed by atoms with E-state index in [0.29, 0.717) is 5.56 Å². The predicted molar refractivity (Wildman–Crippen MR) is 112 cm³/mol. The van der Waals surface area contributed by atoms with E-state index < -0.39 is 0 Å². The molecule has 26 heavy (non-hydrogen) atoms. The van der Waals surface area contributed by atoms with Crippen molar-refractivity contribution < 1.29 is 4.79 Å². The normalized spacial score (nSPS) is 11.2. The van der Waals surface area contributed by atoms with Crippen molar-refractivity contribution in [1.82, 2.24) is 4.57 Å². The van der Waals surface area contributed by atoms with Crippen LogP contribution in [-0.4, -0.2) is 10.5 Å². The van der Waals surface area contributed by atoms with E-state index in [1.165, 1.54) is 23.4 Å². The molecule has 3 aromatic rings. The van der Waals surface area contributed by atoms with Crippen molar-refractivity contribution in [1.29, 1.82) is 0 Å². The first-order chi connectivity index (χ1) is 12.6. The van der Waals surface area contributed by atoms with E-state index in [-0.39, 0.29) is 5.91 Å². The average molecular weight is 387 g/mol. The topological polar surface area (TPSA) is 48.0 Å². The highest BCUT2D eigenvalue weighted by molar-refractivity contribution is 7.09. The largest absolute Gasteiger partial charge is 0.366 e. The van der Waals surface area contributed by atoms with Crippen LogP contribution in [0.15, 0.2) is 34.3 Å². The lowest BCUT2D eigenvalue weighted by Crippen LogP contribution is -2.13. The van der Waals surface area contributed by atoms with Gasteiger partial charge in [-0.15, -0.1) is 11.3 Å². The lowest BCUT2D eigenvalue weighted by Gasteiger charge is -2.12. The summed E-state index contributed by atoms with van der Waals surface area (Å²) in [4.78, 5) is 13.7. The molecule has 0 aliphatic carbocycles. The number of amides is 1. The summed E-state index contributed by atoms with van der Waals surface area (Å²) in [6, 6.07) is 6.37. The van der Waals surface area contributed by atoms with Crippen LogP contribution in [-0.2, 0) is 19.4 Å². The smallest absolute Gasteiger partial charge is 0.251 e. The monoisotopic (exact) mass is 386 g/mol. The number of hydrogen-bond donors (Lipinski definition) is 1. The molecule has 0 aromatic carbocycles. The average Bonchev–Trinajstić information content (AvgIpc) is 3.34. The Kier molecular flexibility index (Phi) is 6.33. The van der Waals surface area contributed by atoms with Crippen LogP contribution < -0.4 is 5.73 Å². The molecule has 1 amide bonds. The first kappa shape index (κ1) is 18.9. The van der Waals surface area contributed by atoms with Crippen LogP contribution in [0.5, 0.6) is 0 Å². The quantitative estimate of drug-likeness (QED) is 0.474. The molecule has 3 rings (SSSR count). The summed E-state index contributed by atoms with van der Waals surface area (Å²) < 4.78 is 2.34. The van der Waals surface area contributed by atoms with Gasteiger partial charge in [0.1, 0.15) is 0 Å². The highest BCUT2D eigenvalue weighted by Gasteiger charge is 2.24. The van der Waals surface area contributed by atoms with Gasteiger partial charge in [-0.1, -0.05) is 25.8 Å². The molecule has 3 nitrogen and oxygen atoms in total. The van der Waals surface area contributed by atoms with Crippen molar-refractivity contribution in [3.63, 3.8) is 0 Å². The van der Waals surface area contributed by atoms with Gasteiger partial charge in [0.15, 0.2) is 0 Å². The second kappa shape index (κ2) is 8.69. The number of aryl methyl sites for hydroxylation is 1. The molecule has 0 aliphatic heterocycles. The van der Waals surface area contributed by atoms with E-state index in [2.05, 4.69) is 45.8 Å². The Morgan fingerprint density at radius 1 is 1.19 bits per heavy atom. The number of hydrogen-bond acceptors (Lipinski definition) is 3. The van der Waals surface area contributed by atoms with Crippen LogP contribution in [0.1, 0.15) is 52.8 Å². The number of nitrogens with two attached hydrogens (primary N) is 1. The Morgan fingerprint density at radius 3 is 2.65 bits per heavy atom. The van der Waals surface area contributed by atoms with E-state index in [4.69, 9.17) is 5.73 Å². The molecule has 0 radical (unpaired) electrons. The number of unbranched alkanes of at least 4 members (excludes halogenated alkanes) is 2. The number of rotatable bonds is 9. The zero-order valence-corrected chi connectivity index (χ0v) is 17.1. The molecule has 0 unspecified atom stereocenters. The van der Waals surface area contributed by atoms with Gasteiger partial charge in [0.25, 0.3) is 5.91 Å². The van der Waals surface area contributed by atoms with Gasteiger partial charge in [0, 0.05) is 28.4 Å². The Morgan fingerprint density at radius 2 is 2.04 bits per heavy atom. The lowest BCUT2D eigenvalue weighted by molar-refractivity contribution is 0.1000. The van der Waals surface area contributed by atoms with Gasteiger partial charge in [-0.3, -0.25) is 4.79 Å². The highest BCUT2D eigenvalue weighted by atomic mass is 32.1. The van der Waals surface area contributed by atoms with Gasteiger partial charge >= 0.3 is 0 Å². The summed E-state index contributed by atoms with van der Waals surface area (Å²) in [5.41, 5.74) is 10.9. The van der Waals surface area contributed by atoms with Crippen LogP contribution in [0.3, 0.4) is 0 Å². The minimum Gasteiger partial charge on any atom is -0.366 e. The van der Waals surface area contributed by atoms with Crippen LogP contribution in [0, 0.1) is 6.92 Å². The van der Waals surface area contributed by atoms with Crippen molar-refractivity contribution in [3.8, 4) is 11.1 Å². The molecule has 2 N–H and O–H groups in total. The van der Waals surface area contributed by atoms with Gasteiger partial charge < -0.3 is 10.3 Å². The molecule has 0 saturated heterocycles. The fourth-order valence-electron chi connectivity index (χ4n) is 3.60. The second-order valence-corrected chi connectivity index (χ2v) is 8.41. The lowest BCUT2D eigenvalue weighted by atomic mass is 9.99. The van der Waals surface area contributed by atoms with Crippen LogP contribution in [0.2, 0.25) is 0 Å². The van der Waals surface area contributed by atoms with Gasteiger partial charge in [0.2, 0.25) is 0 Å². The fourth-order valence-corrected chi connectivity index (χ4v) is 4.94. The summed E-state index contributed by atoms with van der Waals surface area (Å²) in [6.07, 6.45) is 5.48. The molecule has 5 heteroatoms. The molecule has 3 heterocycles. The highest BCUT2D eigenvalue weighted by Crippen LogP contribution is 2.35. The summed E-state index contributed by atoms with van der Waals surface area (Å²) >= 11 is 3.45. The van der Waals surface area contributed by atoms with Crippen molar-refractivity contribution in [2.24, 2.45) is 5.73 Å². The first-order valence-electron chi connectivity index (χ1n) is 9.20. The van der Waals surface area contributed by atoms with Gasteiger partial charge in [-0.25, -0.2) is 0 Å². The van der Waals surface area contributed by atoms with Crippen molar-refractivity contribution >= 4 is 28.6 Å². The minimum absolute atomic E-state index is 0.324. The number of carbonyl (C=O) groups excluding carboxylic acids is 1. The zero-order chi connectivity index (χ0) is 18.5. The number of carbonyl (C=O) groups is 1. The number of aromatic nitrogens is 1. The first-order valence-corrected chi connectivity index (χ1v) is 11.0. The van der Waals surface area contributed by atoms with Crippen LogP contribution in [0.4, 0.5) is 0 Å². The molecule has 0 fully saturated rings. The Bertz CT molecular complexity index is 845.